The summed E-state index contributed by atoms with van der Waals surface area (Å²) >= 11 is 0. The molecule has 0 saturated heterocycles. The molecule has 0 bridgehead atoms. The molecule has 72 valence electrons. The lowest BCUT2D eigenvalue weighted by atomic mass is 10.1. The van der Waals surface area contributed by atoms with Crippen molar-refractivity contribution in [2.75, 3.05) is 0 Å². The van der Waals surface area contributed by atoms with Crippen molar-refractivity contribution in [2.24, 2.45) is 5.92 Å². The van der Waals surface area contributed by atoms with E-state index in [1.807, 2.05) is 6.92 Å². The number of carboxylic acids is 2. The molecule has 4 nitrogen and oxygen atoms in total. The minimum absolute atomic E-state index is 0.181. The third-order valence-corrected chi connectivity index (χ3v) is 1.34. The molecule has 0 radical (unpaired) electrons. The van der Waals surface area contributed by atoms with Gasteiger partial charge < -0.3 is 10.2 Å². The maximum absolute atomic E-state index is 9.93. The normalized spacial score (nSPS) is 10.9. The lowest BCUT2D eigenvalue weighted by molar-refractivity contribution is -0.141. The van der Waals surface area contributed by atoms with Gasteiger partial charge in [0.2, 0.25) is 0 Å². The molecule has 1 atom stereocenters. The zero-order valence-electron chi connectivity index (χ0n) is 7.70. The average molecular weight is 176 g/mol. The predicted octanol–water partition coefficient (Wildman–Crippen LogP) is 1.60. The Labute approximate surface area is 72.2 Å². The number of aliphatic carboxylic acids is 2. The first kappa shape index (κ1) is 13.5. The molecule has 0 rings (SSSR count). The van der Waals surface area contributed by atoms with Crippen molar-refractivity contribution in [3.63, 3.8) is 0 Å². The summed E-state index contributed by atoms with van der Waals surface area (Å²) in [4.78, 5) is 19.3. The molecule has 0 aromatic rings. The quantitative estimate of drug-likeness (QED) is 0.684. The molecule has 0 heterocycles. The summed E-state index contributed by atoms with van der Waals surface area (Å²) in [5, 5.41) is 15.9. The summed E-state index contributed by atoms with van der Waals surface area (Å²) in [5.41, 5.74) is 0. The van der Waals surface area contributed by atoms with E-state index < -0.39 is 11.9 Å². The highest BCUT2D eigenvalue weighted by molar-refractivity contribution is 5.69. The van der Waals surface area contributed by atoms with Crippen LogP contribution in [0.4, 0.5) is 0 Å². The monoisotopic (exact) mass is 176 g/mol. The van der Waals surface area contributed by atoms with E-state index in [0.717, 1.165) is 6.42 Å². The Bertz CT molecular complexity index is 142. The van der Waals surface area contributed by atoms with Crippen molar-refractivity contribution >= 4 is 11.9 Å². The molecule has 0 aliphatic rings. The van der Waals surface area contributed by atoms with Crippen LogP contribution >= 0.6 is 0 Å². The second-order valence-electron chi connectivity index (χ2n) is 2.39. The molecule has 0 aliphatic heterocycles. The number of rotatable bonds is 3. The Morgan fingerprint density at radius 2 is 1.58 bits per heavy atom. The van der Waals surface area contributed by atoms with Crippen LogP contribution in [0.2, 0.25) is 0 Å². The van der Waals surface area contributed by atoms with Crippen molar-refractivity contribution in [2.45, 2.75) is 33.6 Å². The highest BCUT2D eigenvalue weighted by Gasteiger charge is 2.05. The lowest BCUT2D eigenvalue weighted by Crippen LogP contribution is -2.06. The van der Waals surface area contributed by atoms with Gasteiger partial charge >= 0.3 is 11.9 Å². The van der Waals surface area contributed by atoms with E-state index in [0.29, 0.717) is 0 Å². The molecule has 2 N–H and O–H groups in total. The van der Waals surface area contributed by atoms with E-state index in [2.05, 4.69) is 0 Å². The molecule has 0 saturated carbocycles. The van der Waals surface area contributed by atoms with Gasteiger partial charge in [-0.15, -0.1) is 0 Å². The van der Waals surface area contributed by atoms with Crippen molar-refractivity contribution in [3.05, 3.63) is 0 Å². The highest BCUT2D eigenvalue weighted by Crippen LogP contribution is 1.97. The Hall–Kier alpha value is -1.06. The van der Waals surface area contributed by atoms with Crippen LogP contribution in [0.5, 0.6) is 0 Å². The molecule has 4 heteroatoms. The lowest BCUT2D eigenvalue weighted by Gasteiger charge is -1.96. The zero-order valence-corrected chi connectivity index (χ0v) is 7.70. The number of hydrogen-bond donors (Lipinski definition) is 2. The van der Waals surface area contributed by atoms with Crippen LogP contribution < -0.4 is 0 Å². The minimum Gasteiger partial charge on any atom is -0.481 e. The molecule has 0 aliphatic carbocycles. The smallest absolute Gasteiger partial charge is 0.306 e. The van der Waals surface area contributed by atoms with Gasteiger partial charge in [-0.05, 0) is 6.42 Å². The molecular formula is C8H16O4. The summed E-state index contributed by atoms with van der Waals surface area (Å²) in [6.45, 7) is 5.16. The van der Waals surface area contributed by atoms with Crippen LogP contribution in [0, 0.1) is 5.92 Å². The van der Waals surface area contributed by atoms with Gasteiger partial charge in [0.25, 0.3) is 0 Å². The molecular weight excluding hydrogens is 160 g/mol. The van der Waals surface area contributed by atoms with Gasteiger partial charge in [0, 0.05) is 6.42 Å². The van der Waals surface area contributed by atoms with Gasteiger partial charge in [-0.3, -0.25) is 9.59 Å². The number of carboxylic acid groups (broad SMARTS) is 2. The van der Waals surface area contributed by atoms with Gasteiger partial charge in [-0.2, -0.15) is 0 Å². The summed E-state index contributed by atoms with van der Waals surface area (Å²) in [6, 6.07) is 0. The molecule has 0 aromatic heterocycles. The van der Waals surface area contributed by atoms with Crippen LogP contribution in [-0.4, -0.2) is 22.2 Å². The summed E-state index contributed by atoms with van der Waals surface area (Å²) in [5.74, 6) is -1.63. The van der Waals surface area contributed by atoms with Gasteiger partial charge in [0.05, 0.1) is 5.92 Å². The second kappa shape index (κ2) is 8.04. The predicted molar refractivity (Wildman–Crippen MR) is 45.0 cm³/mol. The van der Waals surface area contributed by atoms with Crippen molar-refractivity contribution in [3.8, 4) is 0 Å². The highest BCUT2D eigenvalue weighted by atomic mass is 16.4. The fraction of sp³-hybridized carbons (Fsp3) is 0.750. The van der Waals surface area contributed by atoms with E-state index >= 15 is 0 Å². The van der Waals surface area contributed by atoms with E-state index in [4.69, 9.17) is 10.2 Å². The molecule has 0 fully saturated rings. The summed E-state index contributed by atoms with van der Waals surface area (Å²) in [7, 11) is 0. The van der Waals surface area contributed by atoms with Crippen LogP contribution in [-0.2, 0) is 9.59 Å². The molecule has 12 heavy (non-hydrogen) atoms. The molecule has 0 amide bonds. The Balaban J connectivity index is 0. The zero-order chi connectivity index (χ0) is 10.1. The first-order valence-corrected chi connectivity index (χ1v) is 3.90. The van der Waals surface area contributed by atoms with Crippen molar-refractivity contribution in [1.29, 1.82) is 0 Å². The Morgan fingerprint density at radius 1 is 1.25 bits per heavy atom. The second-order valence-corrected chi connectivity index (χ2v) is 2.39. The molecule has 1 unspecified atom stereocenters. The number of hydrogen-bond acceptors (Lipinski definition) is 2. The Kier molecular flexibility index (Phi) is 9.06. The molecule has 0 spiro atoms. The maximum Gasteiger partial charge on any atom is 0.306 e. The largest absolute Gasteiger partial charge is 0.481 e. The standard InChI is InChI=1S/C5H10O2.C3H6O2/c1-3-4(2)5(6)7;1-2-3(4)5/h4H,3H2,1-2H3,(H,6,7);2H2,1H3,(H,4,5). The molecule has 0 aromatic carbocycles. The van der Waals surface area contributed by atoms with E-state index in [1.54, 1.807) is 13.8 Å². The van der Waals surface area contributed by atoms with Gasteiger partial charge in [-0.25, -0.2) is 0 Å². The van der Waals surface area contributed by atoms with E-state index in [1.165, 1.54) is 0 Å². The van der Waals surface area contributed by atoms with Crippen molar-refractivity contribution < 1.29 is 19.8 Å². The van der Waals surface area contributed by atoms with Gasteiger partial charge in [-0.1, -0.05) is 20.8 Å². The average Bonchev–Trinajstić information content (AvgIpc) is 2.04. The van der Waals surface area contributed by atoms with Crippen LogP contribution in [0.3, 0.4) is 0 Å². The topological polar surface area (TPSA) is 74.6 Å². The van der Waals surface area contributed by atoms with Crippen LogP contribution in [0.15, 0.2) is 0 Å². The third kappa shape index (κ3) is 11.7. The maximum atomic E-state index is 9.93. The van der Waals surface area contributed by atoms with Crippen molar-refractivity contribution in [1.82, 2.24) is 0 Å². The van der Waals surface area contributed by atoms with Gasteiger partial charge in [0.1, 0.15) is 0 Å². The van der Waals surface area contributed by atoms with E-state index in [9.17, 15) is 9.59 Å². The van der Waals surface area contributed by atoms with Crippen LogP contribution in [0.1, 0.15) is 33.6 Å². The summed E-state index contributed by atoms with van der Waals surface area (Å²) in [6.07, 6.45) is 0.940. The first-order valence-electron chi connectivity index (χ1n) is 3.90. The van der Waals surface area contributed by atoms with E-state index in [-0.39, 0.29) is 12.3 Å². The van der Waals surface area contributed by atoms with Crippen LogP contribution in [0.25, 0.3) is 0 Å². The summed E-state index contributed by atoms with van der Waals surface area (Å²) < 4.78 is 0. The SMILES string of the molecule is CCC(=O)O.CCC(C)C(=O)O. The fourth-order valence-corrected chi connectivity index (χ4v) is 0.175. The Morgan fingerprint density at radius 3 is 1.58 bits per heavy atom. The minimum atomic E-state index is -0.745. The number of carbonyl (C=O) groups is 2. The van der Waals surface area contributed by atoms with Gasteiger partial charge in [0.15, 0.2) is 0 Å². The first-order chi connectivity index (χ1) is 5.45. The fourth-order valence-electron chi connectivity index (χ4n) is 0.175. The third-order valence-electron chi connectivity index (χ3n) is 1.34.